The second-order valence-corrected chi connectivity index (χ2v) is 4.98. The second-order valence-electron chi connectivity index (χ2n) is 3.82. The SMILES string of the molecule is CC(=O)c1ccc(Cc2ccccc2C=O)s1. The molecule has 2 aromatic rings. The molecule has 0 saturated carbocycles. The Labute approximate surface area is 104 Å². The minimum absolute atomic E-state index is 0.0879. The van der Waals surface area contributed by atoms with E-state index in [4.69, 9.17) is 0 Å². The first-order valence-electron chi connectivity index (χ1n) is 5.33. The molecule has 0 fully saturated rings. The summed E-state index contributed by atoms with van der Waals surface area (Å²) in [6, 6.07) is 11.3. The molecule has 3 heteroatoms. The summed E-state index contributed by atoms with van der Waals surface area (Å²) in [5.41, 5.74) is 1.71. The highest BCUT2D eigenvalue weighted by molar-refractivity contribution is 7.14. The summed E-state index contributed by atoms with van der Waals surface area (Å²) >= 11 is 1.49. The highest BCUT2D eigenvalue weighted by atomic mass is 32.1. The molecule has 0 spiro atoms. The smallest absolute Gasteiger partial charge is 0.169 e. The van der Waals surface area contributed by atoms with Gasteiger partial charge in [0.15, 0.2) is 5.78 Å². The van der Waals surface area contributed by atoms with Crippen molar-refractivity contribution in [3.8, 4) is 0 Å². The van der Waals surface area contributed by atoms with Crippen LogP contribution in [0.2, 0.25) is 0 Å². The van der Waals surface area contributed by atoms with Gasteiger partial charge in [-0.1, -0.05) is 24.3 Å². The van der Waals surface area contributed by atoms with Crippen molar-refractivity contribution in [1.29, 1.82) is 0 Å². The second kappa shape index (κ2) is 5.06. The minimum Gasteiger partial charge on any atom is -0.298 e. The topological polar surface area (TPSA) is 34.1 Å². The van der Waals surface area contributed by atoms with Gasteiger partial charge in [0.2, 0.25) is 0 Å². The van der Waals surface area contributed by atoms with Crippen LogP contribution in [0.3, 0.4) is 0 Å². The molecule has 0 radical (unpaired) electrons. The number of rotatable bonds is 4. The Morgan fingerprint density at radius 2 is 2.00 bits per heavy atom. The van der Waals surface area contributed by atoms with Crippen molar-refractivity contribution in [3.05, 3.63) is 57.3 Å². The average Bonchev–Trinajstić information content (AvgIpc) is 2.78. The number of aldehydes is 1. The fourth-order valence-corrected chi connectivity index (χ4v) is 2.59. The van der Waals surface area contributed by atoms with Gasteiger partial charge in [0.1, 0.15) is 6.29 Å². The molecule has 0 saturated heterocycles. The van der Waals surface area contributed by atoms with Gasteiger partial charge in [-0.3, -0.25) is 9.59 Å². The normalized spacial score (nSPS) is 10.2. The lowest BCUT2D eigenvalue weighted by Crippen LogP contribution is -1.92. The number of hydrogen-bond acceptors (Lipinski definition) is 3. The Kier molecular flexibility index (Phi) is 3.49. The average molecular weight is 244 g/mol. The van der Waals surface area contributed by atoms with Gasteiger partial charge in [0.05, 0.1) is 4.88 Å². The van der Waals surface area contributed by atoms with E-state index < -0.39 is 0 Å². The summed E-state index contributed by atoms with van der Waals surface area (Å²) in [4.78, 5) is 23.9. The molecular formula is C14H12O2S. The van der Waals surface area contributed by atoms with Gasteiger partial charge in [-0.25, -0.2) is 0 Å². The van der Waals surface area contributed by atoms with Gasteiger partial charge in [-0.2, -0.15) is 0 Å². The highest BCUT2D eigenvalue weighted by Crippen LogP contribution is 2.21. The largest absolute Gasteiger partial charge is 0.298 e. The van der Waals surface area contributed by atoms with Crippen LogP contribution in [-0.4, -0.2) is 12.1 Å². The Hall–Kier alpha value is -1.74. The van der Waals surface area contributed by atoms with E-state index in [1.807, 2.05) is 36.4 Å². The fourth-order valence-electron chi connectivity index (χ4n) is 1.66. The van der Waals surface area contributed by atoms with E-state index in [2.05, 4.69) is 0 Å². The van der Waals surface area contributed by atoms with Crippen molar-refractivity contribution in [1.82, 2.24) is 0 Å². The van der Waals surface area contributed by atoms with E-state index >= 15 is 0 Å². The molecule has 0 aliphatic heterocycles. The predicted octanol–water partition coefficient (Wildman–Crippen LogP) is 3.35. The molecule has 1 aromatic heterocycles. The van der Waals surface area contributed by atoms with Crippen LogP contribution < -0.4 is 0 Å². The Morgan fingerprint density at radius 1 is 1.24 bits per heavy atom. The zero-order chi connectivity index (χ0) is 12.3. The maximum absolute atomic E-state index is 11.2. The monoisotopic (exact) mass is 244 g/mol. The molecular weight excluding hydrogens is 232 g/mol. The first kappa shape index (κ1) is 11.7. The van der Waals surface area contributed by atoms with Crippen molar-refractivity contribution in [2.45, 2.75) is 13.3 Å². The van der Waals surface area contributed by atoms with Crippen molar-refractivity contribution >= 4 is 23.4 Å². The summed E-state index contributed by atoms with van der Waals surface area (Å²) in [6.07, 6.45) is 1.57. The third-order valence-corrected chi connectivity index (χ3v) is 3.74. The lowest BCUT2D eigenvalue weighted by molar-refractivity contribution is 0.102. The van der Waals surface area contributed by atoms with Crippen molar-refractivity contribution < 1.29 is 9.59 Å². The maximum Gasteiger partial charge on any atom is 0.169 e. The lowest BCUT2D eigenvalue weighted by Gasteiger charge is -2.01. The van der Waals surface area contributed by atoms with Crippen LogP contribution >= 0.6 is 11.3 Å². The zero-order valence-electron chi connectivity index (χ0n) is 9.47. The van der Waals surface area contributed by atoms with E-state index in [1.165, 1.54) is 11.3 Å². The quantitative estimate of drug-likeness (QED) is 0.610. The third-order valence-electron chi connectivity index (χ3n) is 2.56. The summed E-state index contributed by atoms with van der Waals surface area (Å²) < 4.78 is 0. The number of Topliss-reactive ketones (excluding diaryl/α,β-unsaturated/α-hetero) is 1. The van der Waals surface area contributed by atoms with E-state index in [9.17, 15) is 9.59 Å². The molecule has 2 nitrogen and oxygen atoms in total. The fraction of sp³-hybridized carbons (Fsp3) is 0.143. The number of thiophene rings is 1. The summed E-state index contributed by atoms with van der Waals surface area (Å²) in [5, 5.41) is 0. The molecule has 0 N–H and O–H groups in total. The molecule has 17 heavy (non-hydrogen) atoms. The Bertz CT molecular complexity index is 555. The van der Waals surface area contributed by atoms with Crippen LogP contribution in [0.1, 0.15) is 37.4 Å². The molecule has 2 rings (SSSR count). The number of hydrogen-bond donors (Lipinski definition) is 0. The molecule has 1 heterocycles. The summed E-state index contributed by atoms with van der Waals surface area (Å²) in [5.74, 6) is 0.0879. The molecule has 0 amide bonds. The van der Waals surface area contributed by atoms with Gasteiger partial charge in [0.25, 0.3) is 0 Å². The van der Waals surface area contributed by atoms with Gasteiger partial charge in [0, 0.05) is 16.9 Å². The first-order valence-corrected chi connectivity index (χ1v) is 6.15. The summed E-state index contributed by atoms with van der Waals surface area (Å²) in [7, 11) is 0. The molecule has 0 unspecified atom stereocenters. The van der Waals surface area contributed by atoms with E-state index in [1.54, 1.807) is 6.92 Å². The van der Waals surface area contributed by atoms with Crippen LogP contribution in [0.25, 0.3) is 0 Å². The number of benzene rings is 1. The first-order chi connectivity index (χ1) is 8.20. The van der Waals surface area contributed by atoms with Crippen LogP contribution in [0.15, 0.2) is 36.4 Å². The number of carbonyl (C=O) groups is 2. The zero-order valence-corrected chi connectivity index (χ0v) is 10.3. The third kappa shape index (κ3) is 2.68. The minimum atomic E-state index is 0.0879. The standard InChI is InChI=1S/C14H12O2S/c1-10(16)14-7-6-13(17-14)8-11-4-2-3-5-12(11)9-15/h2-7,9H,8H2,1H3. The van der Waals surface area contributed by atoms with Crippen molar-refractivity contribution in [3.63, 3.8) is 0 Å². The maximum atomic E-state index is 11.2. The molecule has 86 valence electrons. The van der Waals surface area contributed by atoms with Crippen molar-refractivity contribution in [2.75, 3.05) is 0 Å². The van der Waals surface area contributed by atoms with Crippen LogP contribution in [0.4, 0.5) is 0 Å². The molecule has 0 aliphatic carbocycles. The van der Waals surface area contributed by atoms with E-state index in [0.29, 0.717) is 12.0 Å². The molecule has 1 aromatic carbocycles. The van der Waals surface area contributed by atoms with E-state index in [-0.39, 0.29) is 5.78 Å². The van der Waals surface area contributed by atoms with Crippen molar-refractivity contribution in [2.24, 2.45) is 0 Å². The molecule has 0 aliphatic rings. The van der Waals surface area contributed by atoms with Gasteiger partial charge in [-0.05, 0) is 24.6 Å². The molecule has 0 atom stereocenters. The lowest BCUT2D eigenvalue weighted by atomic mass is 10.1. The Morgan fingerprint density at radius 3 is 2.65 bits per heavy atom. The van der Waals surface area contributed by atoms with Gasteiger partial charge < -0.3 is 0 Å². The predicted molar refractivity (Wildman–Crippen MR) is 69.0 cm³/mol. The van der Waals surface area contributed by atoms with Crippen LogP contribution in [0, 0.1) is 0 Å². The van der Waals surface area contributed by atoms with E-state index in [0.717, 1.165) is 21.6 Å². The summed E-state index contributed by atoms with van der Waals surface area (Å²) in [6.45, 7) is 1.56. The molecule has 0 bridgehead atoms. The Balaban J connectivity index is 2.25. The number of carbonyl (C=O) groups excluding carboxylic acids is 2. The van der Waals surface area contributed by atoms with Gasteiger partial charge >= 0.3 is 0 Å². The van der Waals surface area contributed by atoms with Crippen LogP contribution in [0.5, 0.6) is 0 Å². The highest BCUT2D eigenvalue weighted by Gasteiger charge is 2.07. The van der Waals surface area contributed by atoms with Gasteiger partial charge in [-0.15, -0.1) is 11.3 Å². The number of ketones is 1. The van der Waals surface area contributed by atoms with Crippen LogP contribution in [-0.2, 0) is 6.42 Å².